The van der Waals surface area contributed by atoms with E-state index in [1.54, 1.807) is 18.2 Å². The van der Waals surface area contributed by atoms with Gasteiger partial charge in [-0.05, 0) is 40.8 Å². The Morgan fingerprint density at radius 1 is 1.53 bits per heavy atom. The van der Waals surface area contributed by atoms with Gasteiger partial charge in [0.2, 0.25) is 0 Å². The highest BCUT2D eigenvalue weighted by Crippen LogP contribution is 2.22. The molecule has 1 aromatic carbocycles. The number of rotatable bonds is 4. The Morgan fingerprint density at radius 3 is 2.87 bits per heavy atom. The van der Waals surface area contributed by atoms with Crippen molar-refractivity contribution >= 4 is 28.6 Å². The third-order valence-corrected chi connectivity index (χ3v) is 2.58. The lowest BCUT2D eigenvalue weighted by molar-refractivity contribution is 0.0600. The van der Waals surface area contributed by atoms with Gasteiger partial charge >= 0.3 is 5.97 Å². The maximum Gasteiger partial charge on any atom is 0.337 e. The number of methoxy groups -OCH3 is 1. The van der Waals surface area contributed by atoms with Crippen LogP contribution in [0.5, 0.6) is 5.75 Å². The summed E-state index contributed by atoms with van der Waals surface area (Å²) in [6, 6.07) is 4.90. The second-order valence-corrected chi connectivity index (χ2v) is 3.84. The number of carbonyl (C=O) groups is 1. The van der Waals surface area contributed by atoms with E-state index >= 15 is 0 Å². The second-order valence-electron chi connectivity index (χ2n) is 2.67. The number of carbonyl (C=O) groups excluding carboxylic acids is 1. The summed E-state index contributed by atoms with van der Waals surface area (Å²) < 4.78 is 22.4. The van der Waals surface area contributed by atoms with E-state index < -0.39 is 12.6 Å². The smallest absolute Gasteiger partial charge is 0.337 e. The predicted octanol–water partition coefficient (Wildman–Crippen LogP) is 2.43. The van der Waals surface area contributed by atoms with Gasteiger partial charge in [0.25, 0.3) is 0 Å². The molecule has 0 unspecified atom stereocenters. The zero-order chi connectivity index (χ0) is 11.3. The molecular weight excluding hydrogens is 314 g/mol. The maximum atomic E-state index is 11.9. The van der Waals surface area contributed by atoms with E-state index in [-0.39, 0.29) is 6.61 Å². The number of hydrogen-bond acceptors (Lipinski definition) is 3. The summed E-state index contributed by atoms with van der Waals surface area (Å²) in [5, 5.41) is 0. The van der Waals surface area contributed by atoms with E-state index in [9.17, 15) is 9.18 Å². The fourth-order valence-corrected chi connectivity index (χ4v) is 1.50. The summed E-state index contributed by atoms with van der Waals surface area (Å²) in [5.41, 5.74) is 0.395. The lowest BCUT2D eigenvalue weighted by atomic mass is 10.2. The van der Waals surface area contributed by atoms with Gasteiger partial charge in [0.15, 0.2) is 0 Å². The van der Waals surface area contributed by atoms with Gasteiger partial charge in [0.05, 0.1) is 16.2 Å². The molecule has 0 aliphatic heterocycles. The summed E-state index contributed by atoms with van der Waals surface area (Å²) in [6.45, 7) is -0.570. The molecule has 0 amide bonds. The van der Waals surface area contributed by atoms with Crippen LogP contribution in [0, 0.1) is 3.57 Å². The highest BCUT2D eigenvalue weighted by atomic mass is 127. The molecule has 0 aliphatic carbocycles. The van der Waals surface area contributed by atoms with E-state index in [4.69, 9.17) is 4.74 Å². The molecule has 0 saturated carbocycles. The van der Waals surface area contributed by atoms with Crippen molar-refractivity contribution in [1.82, 2.24) is 0 Å². The van der Waals surface area contributed by atoms with Crippen molar-refractivity contribution < 1.29 is 18.7 Å². The Hall–Kier alpha value is -0.850. The normalized spacial score (nSPS) is 9.80. The Labute approximate surface area is 101 Å². The van der Waals surface area contributed by atoms with Gasteiger partial charge < -0.3 is 9.47 Å². The predicted molar refractivity (Wildman–Crippen MR) is 62.0 cm³/mol. The first kappa shape index (κ1) is 12.2. The molecule has 0 radical (unpaired) electrons. The minimum Gasteiger partial charge on any atom is -0.490 e. The van der Waals surface area contributed by atoms with Gasteiger partial charge in [-0.15, -0.1) is 0 Å². The molecule has 0 atom stereocenters. The molecule has 3 nitrogen and oxygen atoms in total. The van der Waals surface area contributed by atoms with Crippen LogP contribution in [0.25, 0.3) is 0 Å². The largest absolute Gasteiger partial charge is 0.490 e. The molecule has 0 aromatic heterocycles. The number of hydrogen-bond donors (Lipinski definition) is 0. The van der Waals surface area contributed by atoms with E-state index in [1.165, 1.54) is 7.11 Å². The van der Waals surface area contributed by atoms with E-state index in [0.717, 1.165) is 3.57 Å². The van der Waals surface area contributed by atoms with Crippen LogP contribution in [-0.4, -0.2) is 26.4 Å². The van der Waals surface area contributed by atoms with Crippen LogP contribution in [0.2, 0.25) is 0 Å². The Balaban J connectivity index is 2.89. The number of ether oxygens (including phenoxy) is 2. The highest BCUT2D eigenvalue weighted by Gasteiger charge is 2.09. The molecule has 0 fully saturated rings. The fourth-order valence-electron chi connectivity index (χ4n) is 1.01. The van der Waals surface area contributed by atoms with Crippen LogP contribution in [0.4, 0.5) is 4.39 Å². The van der Waals surface area contributed by atoms with Crippen LogP contribution >= 0.6 is 22.6 Å². The third-order valence-electron chi connectivity index (χ3n) is 1.69. The minimum atomic E-state index is -0.557. The zero-order valence-corrected chi connectivity index (χ0v) is 10.3. The molecule has 5 heteroatoms. The molecule has 0 bridgehead atoms. The Bertz CT molecular complexity index is 355. The number of benzene rings is 1. The van der Waals surface area contributed by atoms with Gasteiger partial charge in [-0.3, -0.25) is 0 Å². The zero-order valence-electron chi connectivity index (χ0n) is 8.13. The lowest BCUT2D eigenvalue weighted by Gasteiger charge is -2.07. The average Bonchev–Trinajstić information content (AvgIpc) is 2.27. The van der Waals surface area contributed by atoms with Crippen molar-refractivity contribution in [2.24, 2.45) is 0 Å². The third kappa shape index (κ3) is 3.33. The fraction of sp³-hybridized carbons (Fsp3) is 0.300. The van der Waals surface area contributed by atoms with Crippen LogP contribution in [0.15, 0.2) is 18.2 Å². The molecule has 0 N–H and O–H groups in total. The number of halogens is 2. The van der Waals surface area contributed by atoms with Gasteiger partial charge in [0.1, 0.15) is 19.0 Å². The summed E-state index contributed by atoms with van der Waals surface area (Å²) in [5.74, 6) is 0.0626. The summed E-state index contributed by atoms with van der Waals surface area (Å²) in [6.07, 6.45) is 0. The molecular formula is C10H10FIO3. The molecule has 1 rings (SSSR count). The molecule has 0 saturated heterocycles. The van der Waals surface area contributed by atoms with Gasteiger partial charge in [-0.2, -0.15) is 0 Å². The van der Waals surface area contributed by atoms with Gasteiger partial charge in [-0.1, -0.05) is 0 Å². The first-order chi connectivity index (χ1) is 7.19. The molecule has 1 aromatic rings. The van der Waals surface area contributed by atoms with Gasteiger partial charge in [-0.25, -0.2) is 9.18 Å². The molecule has 0 heterocycles. The molecule has 0 spiro atoms. The summed E-state index contributed by atoms with van der Waals surface area (Å²) >= 11 is 2.05. The Morgan fingerprint density at radius 2 is 2.27 bits per heavy atom. The SMILES string of the molecule is COC(=O)c1ccc(I)c(OCCF)c1. The second kappa shape index (κ2) is 5.89. The number of alkyl halides is 1. The van der Waals surface area contributed by atoms with Crippen molar-refractivity contribution in [2.45, 2.75) is 0 Å². The first-order valence-corrected chi connectivity index (χ1v) is 5.33. The van der Waals surface area contributed by atoms with Crippen molar-refractivity contribution in [3.05, 3.63) is 27.3 Å². The molecule has 15 heavy (non-hydrogen) atoms. The Kier molecular flexibility index (Phi) is 4.80. The molecule has 0 aliphatic rings. The minimum absolute atomic E-state index is 0.0133. The van der Waals surface area contributed by atoms with E-state index in [2.05, 4.69) is 27.3 Å². The van der Waals surface area contributed by atoms with Crippen molar-refractivity contribution in [1.29, 1.82) is 0 Å². The quantitative estimate of drug-likeness (QED) is 0.630. The maximum absolute atomic E-state index is 11.9. The standard InChI is InChI=1S/C10H10FIO3/c1-14-10(13)7-2-3-8(12)9(6-7)15-5-4-11/h2-3,6H,4-5H2,1H3. The average molecular weight is 324 g/mol. The number of esters is 1. The topological polar surface area (TPSA) is 35.5 Å². The van der Waals surface area contributed by atoms with Crippen molar-refractivity contribution in [3.63, 3.8) is 0 Å². The monoisotopic (exact) mass is 324 g/mol. The van der Waals surface area contributed by atoms with Crippen LogP contribution in [0.3, 0.4) is 0 Å². The van der Waals surface area contributed by atoms with Crippen LogP contribution in [0.1, 0.15) is 10.4 Å². The summed E-state index contributed by atoms with van der Waals surface area (Å²) in [7, 11) is 1.31. The molecule has 82 valence electrons. The first-order valence-electron chi connectivity index (χ1n) is 4.25. The van der Waals surface area contributed by atoms with E-state index in [1.807, 2.05) is 0 Å². The van der Waals surface area contributed by atoms with E-state index in [0.29, 0.717) is 11.3 Å². The highest BCUT2D eigenvalue weighted by molar-refractivity contribution is 14.1. The van der Waals surface area contributed by atoms with Gasteiger partial charge in [0, 0.05) is 0 Å². The van der Waals surface area contributed by atoms with Crippen LogP contribution < -0.4 is 4.74 Å². The van der Waals surface area contributed by atoms with Crippen molar-refractivity contribution in [3.8, 4) is 5.75 Å². The van der Waals surface area contributed by atoms with Crippen LogP contribution in [-0.2, 0) is 4.74 Å². The summed E-state index contributed by atoms with van der Waals surface area (Å²) in [4.78, 5) is 11.2. The van der Waals surface area contributed by atoms with Crippen molar-refractivity contribution in [2.75, 3.05) is 20.4 Å². The lowest BCUT2D eigenvalue weighted by Crippen LogP contribution is -2.04.